The molecule has 168 valence electrons. The van der Waals surface area contributed by atoms with Crippen LogP contribution in [0.25, 0.3) is 10.8 Å². The first-order valence-electron chi connectivity index (χ1n) is 9.99. The molecule has 1 heterocycles. The van der Waals surface area contributed by atoms with E-state index in [1.165, 1.54) is 30.9 Å². The monoisotopic (exact) mass is 439 g/mol. The van der Waals surface area contributed by atoms with Crippen LogP contribution in [0, 0.1) is 0 Å². The van der Waals surface area contributed by atoms with E-state index >= 15 is 0 Å². The molecule has 1 aromatic heterocycles. The zero-order valence-corrected chi connectivity index (χ0v) is 18.5. The molecule has 0 bridgehead atoms. The third-order valence-corrected chi connectivity index (χ3v) is 4.99. The molecule has 0 saturated heterocycles. The number of carbonyl (C=O) groups is 2. The summed E-state index contributed by atoms with van der Waals surface area (Å²) in [5.74, 6) is 0.0118. The Morgan fingerprint density at radius 3 is 2.19 bits per heavy atom. The van der Waals surface area contributed by atoms with Crippen LogP contribution >= 0.6 is 0 Å². The van der Waals surface area contributed by atoms with Crippen molar-refractivity contribution in [1.82, 2.24) is 14.7 Å². The van der Waals surface area contributed by atoms with Crippen molar-refractivity contribution in [3.05, 3.63) is 64.1 Å². The number of hydrogen-bond acceptors (Lipinski definition) is 7. The molecule has 0 aliphatic heterocycles. The van der Waals surface area contributed by atoms with E-state index in [0.717, 1.165) is 0 Å². The Bertz CT molecular complexity index is 1180. The highest BCUT2D eigenvalue weighted by Crippen LogP contribution is 2.24. The van der Waals surface area contributed by atoms with Gasteiger partial charge in [0, 0.05) is 24.5 Å². The van der Waals surface area contributed by atoms with Gasteiger partial charge in [-0.25, -0.2) is 4.68 Å². The summed E-state index contributed by atoms with van der Waals surface area (Å²) in [5, 5.41) is 5.10. The fraction of sp³-hybridized carbons (Fsp3) is 0.304. The van der Waals surface area contributed by atoms with E-state index in [9.17, 15) is 14.4 Å². The lowest BCUT2D eigenvalue weighted by molar-refractivity contribution is -0.141. The van der Waals surface area contributed by atoms with E-state index < -0.39 is 11.9 Å². The van der Waals surface area contributed by atoms with Gasteiger partial charge in [-0.05, 0) is 30.7 Å². The molecule has 0 aliphatic carbocycles. The van der Waals surface area contributed by atoms with Crippen LogP contribution < -0.4 is 15.0 Å². The van der Waals surface area contributed by atoms with Crippen LogP contribution in [0.3, 0.4) is 0 Å². The van der Waals surface area contributed by atoms with Gasteiger partial charge in [0.25, 0.3) is 11.5 Å². The van der Waals surface area contributed by atoms with E-state index in [1.54, 1.807) is 49.4 Å². The third kappa shape index (κ3) is 4.72. The molecular formula is C23H25N3O6. The first kappa shape index (κ1) is 22.8. The predicted octanol–water partition coefficient (Wildman–Crippen LogP) is 2.25. The predicted molar refractivity (Wildman–Crippen MR) is 118 cm³/mol. The van der Waals surface area contributed by atoms with Gasteiger partial charge in [0.2, 0.25) is 0 Å². The van der Waals surface area contributed by atoms with Crippen molar-refractivity contribution in [2.45, 2.75) is 20.0 Å². The lowest BCUT2D eigenvalue weighted by atomic mass is 10.1. The summed E-state index contributed by atoms with van der Waals surface area (Å²) in [6.45, 7) is 1.85. The highest BCUT2D eigenvalue weighted by molar-refractivity contribution is 6.05. The molecule has 0 atom stereocenters. The molecule has 0 N–H and O–H groups in total. The Kier molecular flexibility index (Phi) is 7.09. The summed E-state index contributed by atoms with van der Waals surface area (Å²) < 4.78 is 16.6. The molecule has 0 saturated carbocycles. The second kappa shape index (κ2) is 9.95. The molecule has 0 aliphatic rings. The molecule has 3 aromatic rings. The lowest BCUT2D eigenvalue weighted by Crippen LogP contribution is -2.37. The Hall–Kier alpha value is -3.88. The molecule has 0 fully saturated rings. The molecule has 1 amide bonds. The molecule has 2 aromatic carbocycles. The Labute approximate surface area is 185 Å². The van der Waals surface area contributed by atoms with Gasteiger partial charge < -0.3 is 19.1 Å². The van der Waals surface area contributed by atoms with E-state index in [-0.39, 0.29) is 24.3 Å². The number of esters is 1. The molecule has 0 spiro atoms. The highest BCUT2D eigenvalue weighted by atomic mass is 16.5. The van der Waals surface area contributed by atoms with Gasteiger partial charge in [0.05, 0.1) is 26.7 Å². The number of nitrogens with zero attached hydrogens (tertiary/aromatic N) is 3. The maximum atomic E-state index is 13.6. The number of carbonyl (C=O) groups excluding carboxylic acids is 2. The number of methoxy groups -OCH3 is 3. The van der Waals surface area contributed by atoms with Gasteiger partial charge >= 0.3 is 5.97 Å². The van der Waals surface area contributed by atoms with E-state index in [4.69, 9.17) is 14.2 Å². The van der Waals surface area contributed by atoms with Gasteiger partial charge in [0.1, 0.15) is 18.0 Å². The number of aromatic nitrogens is 2. The topological polar surface area (TPSA) is 100.0 Å². The van der Waals surface area contributed by atoms with Gasteiger partial charge in [-0.1, -0.05) is 18.2 Å². The third-order valence-electron chi connectivity index (χ3n) is 4.99. The quantitative estimate of drug-likeness (QED) is 0.496. The standard InChI is InChI=1S/C23H25N3O6/c1-5-26-22(28)19-9-7-6-8-18(19)21(24-26)23(29)25(14-20(27)32-4)13-15-10-16(30-2)12-17(11-15)31-3/h6-12H,5,13-14H2,1-4H3. The summed E-state index contributed by atoms with van der Waals surface area (Å²) in [4.78, 5) is 39.6. The number of fused-ring (bicyclic) bond motifs is 1. The maximum absolute atomic E-state index is 13.6. The molecule has 32 heavy (non-hydrogen) atoms. The summed E-state index contributed by atoms with van der Waals surface area (Å²) in [7, 11) is 4.31. The molecular weight excluding hydrogens is 414 g/mol. The summed E-state index contributed by atoms with van der Waals surface area (Å²) in [6.07, 6.45) is 0. The van der Waals surface area contributed by atoms with Crippen LogP contribution in [0.4, 0.5) is 0 Å². The minimum atomic E-state index is -0.582. The molecule has 9 heteroatoms. The fourth-order valence-electron chi connectivity index (χ4n) is 3.36. The van der Waals surface area contributed by atoms with Crippen LogP contribution in [0.15, 0.2) is 47.3 Å². The summed E-state index contributed by atoms with van der Waals surface area (Å²) in [6, 6.07) is 12.0. The summed E-state index contributed by atoms with van der Waals surface area (Å²) >= 11 is 0. The average Bonchev–Trinajstić information content (AvgIpc) is 2.83. The molecule has 3 rings (SSSR count). The minimum absolute atomic E-state index is 0.0722. The zero-order valence-electron chi connectivity index (χ0n) is 18.5. The van der Waals surface area contributed by atoms with Crippen LogP contribution in [0.1, 0.15) is 23.0 Å². The molecule has 0 unspecified atom stereocenters. The summed E-state index contributed by atoms with van der Waals surface area (Å²) in [5.41, 5.74) is 0.490. The Morgan fingerprint density at radius 2 is 1.62 bits per heavy atom. The van der Waals surface area contributed by atoms with Gasteiger partial charge in [-0.3, -0.25) is 14.4 Å². The lowest BCUT2D eigenvalue weighted by Gasteiger charge is -2.22. The number of benzene rings is 2. The van der Waals surface area contributed by atoms with E-state index in [2.05, 4.69) is 5.10 Å². The second-order valence-electron chi connectivity index (χ2n) is 6.97. The number of amides is 1. The molecule has 9 nitrogen and oxygen atoms in total. The number of rotatable bonds is 8. The van der Waals surface area contributed by atoms with E-state index in [1.807, 2.05) is 0 Å². The van der Waals surface area contributed by atoms with Crippen molar-refractivity contribution in [2.24, 2.45) is 0 Å². The van der Waals surface area contributed by atoms with Crippen molar-refractivity contribution >= 4 is 22.6 Å². The first-order valence-corrected chi connectivity index (χ1v) is 9.99. The van der Waals surface area contributed by atoms with Gasteiger partial charge in [-0.15, -0.1) is 0 Å². The SMILES string of the molecule is CCn1nc(C(=O)N(CC(=O)OC)Cc2cc(OC)cc(OC)c2)c2ccccc2c1=O. The van der Waals surface area contributed by atoms with Crippen molar-refractivity contribution in [3.8, 4) is 11.5 Å². The Morgan fingerprint density at radius 1 is 1.00 bits per heavy atom. The van der Waals surface area contributed by atoms with Crippen molar-refractivity contribution in [2.75, 3.05) is 27.9 Å². The van der Waals surface area contributed by atoms with Crippen LogP contribution in [-0.2, 0) is 22.6 Å². The van der Waals surface area contributed by atoms with Crippen LogP contribution in [0.2, 0.25) is 0 Å². The number of hydrogen-bond donors (Lipinski definition) is 0. The maximum Gasteiger partial charge on any atom is 0.325 e. The van der Waals surface area contributed by atoms with Gasteiger partial charge in [-0.2, -0.15) is 5.10 Å². The average molecular weight is 439 g/mol. The normalized spacial score (nSPS) is 10.6. The smallest absolute Gasteiger partial charge is 0.325 e. The van der Waals surface area contributed by atoms with Gasteiger partial charge in [0.15, 0.2) is 5.69 Å². The highest BCUT2D eigenvalue weighted by Gasteiger charge is 2.25. The number of aryl methyl sites for hydroxylation is 1. The minimum Gasteiger partial charge on any atom is -0.497 e. The van der Waals surface area contributed by atoms with E-state index in [0.29, 0.717) is 34.4 Å². The Balaban J connectivity index is 2.09. The van der Waals surface area contributed by atoms with Crippen LogP contribution in [0.5, 0.6) is 11.5 Å². The van der Waals surface area contributed by atoms with Crippen molar-refractivity contribution < 1.29 is 23.8 Å². The zero-order chi connectivity index (χ0) is 23.3. The first-order chi connectivity index (χ1) is 15.4. The number of ether oxygens (including phenoxy) is 3. The molecule has 0 radical (unpaired) electrons. The largest absolute Gasteiger partial charge is 0.497 e. The van der Waals surface area contributed by atoms with Crippen molar-refractivity contribution in [3.63, 3.8) is 0 Å². The van der Waals surface area contributed by atoms with Crippen LogP contribution in [-0.4, -0.2) is 54.4 Å². The van der Waals surface area contributed by atoms with Crippen molar-refractivity contribution in [1.29, 1.82) is 0 Å². The second-order valence-corrected chi connectivity index (χ2v) is 6.97. The fourth-order valence-corrected chi connectivity index (χ4v) is 3.36.